The highest BCUT2D eigenvalue weighted by molar-refractivity contribution is 7.89. The summed E-state index contributed by atoms with van der Waals surface area (Å²) in [6.45, 7) is 2.70. The van der Waals surface area contributed by atoms with Crippen molar-refractivity contribution in [2.75, 3.05) is 0 Å². The van der Waals surface area contributed by atoms with Gasteiger partial charge in [0.1, 0.15) is 0 Å². The lowest BCUT2D eigenvalue weighted by molar-refractivity contribution is 0.546. The van der Waals surface area contributed by atoms with Gasteiger partial charge in [-0.2, -0.15) is 0 Å². The molecule has 0 bridgehead atoms. The van der Waals surface area contributed by atoms with Crippen LogP contribution in [0.15, 0.2) is 52.2 Å². The van der Waals surface area contributed by atoms with Crippen molar-refractivity contribution < 1.29 is 12.8 Å². The number of rotatable bonds is 5. The summed E-state index contributed by atoms with van der Waals surface area (Å²) in [6, 6.07) is 8.54. The van der Waals surface area contributed by atoms with Gasteiger partial charge in [-0.25, -0.2) is 13.6 Å². The van der Waals surface area contributed by atoms with Crippen molar-refractivity contribution in [2.24, 2.45) is 5.14 Å². The highest BCUT2D eigenvalue weighted by atomic mass is 32.2. The van der Waals surface area contributed by atoms with E-state index in [9.17, 15) is 8.42 Å². The van der Waals surface area contributed by atoms with Gasteiger partial charge in [0, 0.05) is 18.2 Å². The van der Waals surface area contributed by atoms with Gasteiger partial charge in [0.15, 0.2) is 0 Å². The predicted octanol–water partition coefficient (Wildman–Crippen LogP) is 1.78. The second-order valence-electron chi connectivity index (χ2n) is 4.35. The third kappa shape index (κ3) is 3.66. The summed E-state index contributed by atoms with van der Waals surface area (Å²) in [6.07, 6.45) is 3.31. The lowest BCUT2D eigenvalue weighted by atomic mass is 10.1. The Morgan fingerprint density at radius 2 is 1.95 bits per heavy atom. The topological polar surface area (TPSA) is 85.3 Å². The average Bonchev–Trinajstić information content (AvgIpc) is 2.88. The Kier molecular flexibility index (Phi) is 4.04. The molecule has 0 fully saturated rings. The molecule has 0 saturated heterocycles. The summed E-state index contributed by atoms with van der Waals surface area (Å²) >= 11 is 0. The van der Waals surface area contributed by atoms with Crippen molar-refractivity contribution >= 4 is 10.0 Å². The van der Waals surface area contributed by atoms with E-state index in [1.54, 1.807) is 24.7 Å². The first-order chi connectivity index (χ1) is 8.97. The highest BCUT2D eigenvalue weighted by Crippen LogP contribution is 2.16. The minimum absolute atomic E-state index is 0.101. The normalized spacial score (nSPS) is 13.4. The van der Waals surface area contributed by atoms with Gasteiger partial charge in [-0.15, -0.1) is 0 Å². The molecule has 0 aliphatic carbocycles. The molecule has 0 radical (unpaired) electrons. The maximum absolute atomic E-state index is 11.1. The van der Waals surface area contributed by atoms with Gasteiger partial charge in [-0.1, -0.05) is 12.1 Å². The molecule has 1 heterocycles. The van der Waals surface area contributed by atoms with Crippen molar-refractivity contribution in [1.82, 2.24) is 5.32 Å². The first kappa shape index (κ1) is 13.8. The lowest BCUT2D eigenvalue weighted by Crippen LogP contribution is -2.18. The molecular weight excluding hydrogens is 264 g/mol. The van der Waals surface area contributed by atoms with Crippen LogP contribution >= 0.6 is 0 Å². The highest BCUT2D eigenvalue weighted by Gasteiger charge is 2.09. The molecule has 0 spiro atoms. The molecular formula is C13H16N2O3S. The molecule has 1 unspecified atom stereocenters. The fraction of sp³-hybridized carbons (Fsp3) is 0.231. The number of furan rings is 1. The number of primary sulfonamides is 1. The summed E-state index contributed by atoms with van der Waals surface area (Å²) in [5, 5.41) is 8.37. The van der Waals surface area contributed by atoms with Crippen LogP contribution in [0.2, 0.25) is 0 Å². The standard InChI is InChI=1S/C13H16N2O3S/c1-10(15-8-11-6-7-18-9-11)12-2-4-13(5-3-12)19(14,16)17/h2-7,9-10,15H,8H2,1H3,(H2,14,16,17). The molecule has 0 amide bonds. The molecule has 6 heteroatoms. The zero-order valence-electron chi connectivity index (χ0n) is 10.5. The van der Waals surface area contributed by atoms with E-state index in [1.807, 2.05) is 13.0 Å². The summed E-state index contributed by atoms with van der Waals surface area (Å²) < 4.78 is 27.3. The van der Waals surface area contributed by atoms with Gasteiger partial charge in [-0.3, -0.25) is 0 Å². The van der Waals surface area contributed by atoms with E-state index in [2.05, 4.69) is 5.32 Å². The predicted molar refractivity (Wildman–Crippen MR) is 71.8 cm³/mol. The first-order valence-corrected chi connectivity index (χ1v) is 7.38. The van der Waals surface area contributed by atoms with Crippen LogP contribution in [0.5, 0.6) is 0 Å². The summed E-state index contributed by atoms with van der Waals surface area (Å²) in [5.74, 6) is 0. The van der Waals surface area contributed by atoms with Gasteiger partial charge in [0.05, 0.1) is 17.4 Å². The molecule has 2 rings (SSSR count). The molecule has 2 aromatic rings. The number of hydrogen-bond acceptors (Lipinski definition) is 4. The number of sulfonamides is 1. The number of nitrogens with one attached hydrogen (secondary N) is 1. The Hall–Kier alpha value is -1.63. The third-order valence-corrected chi connectivity index (χ3v) is 3.83. The van der Waals surface area contributed by atoms with Crippen LogP contribution in [0.25, 0.3) is 0 Å². The Bertz CT molecular complexity index is 618. The molecule has 1 aromatic heterocycles. The van der Waals surface area contributed by atoms with Crippen LogP contribution in [0, 0.1) is 0 Å². The summed E-state index contributed by atoms with van der Waals surface area (Å²) in [5.41, 5.74) is 2.06. The lowest BCUT2D eigenvalue weighted by Gasteiger charge is -2.13. The minimum Gasteiger partial charge on any atom is -0.472 e. The van der Waals surface area contributed by atoms with Crippen LogP contribution < -0.4 is 10.5 Å². The fourth-order valence-electron chi connectivity index (χ4n) is 1.73. The van der Waals surface area contributed by atoms with Gasteiger partial charge >= 0.3 is 0 Å². The summed E-state index contributed by atoms with van der Waals surface area (Å²) in [4.78, 5) is 0.123. The molecule has 0 saturated carbocycles. The molecule has 5 nitrogen and oxygen atoms in total. The second-order valence-corrected chi connectivity index (χ2v) is 5.91. The van der Waals surface area contributed by atoms with E-state index in [1.165, 1.54) is 12.1 Å². The van der Waals surface area contributed by atoms with Crippen molar-refractivity contribution in [3.8, 4) is 0 Å². The van der Waals surface area contributed by atoms with E-state index in [-0.39, 0.29) is 10.9 Å². The average molecular weight is 280 g/mol. The maximum atomic E-state index is 11.1. The Balaban J connectivity index is 2.01. The van der Waals surface area contributed by atoms with Crippen LogP contribution in [0.1, 0.15) is 24.1 Å². The number of benzene rings is 1. The van der Waals surface area contributed by atoms with E-state index in [0.29, 0.717) is 6.54 Å². The SMILES string of the molecule is CC(NCc1ccoc1)c1ccc(S(N)(=O)=O)cc1. The van der Waals surface area contributed by atoms with E-state index < -0.39 is 10.0 Å². The van der Waals surface area contributed by atoms with Gasteiger partial charge < -0.3 is 9.73 Å². The number of hydrogen-bond donors (Lipinski definition) is 2. The van der Waals surface area contributed by atoms with Gasteiger partial charge in [0.2, 0.25) is 10.0 Å². The largest absolute Gasteiger partial charge is 0.472 e. The minimum atomic E-state index is -3.63. The Morgan fingerprint density at radius 3 is 2.47 bits per heavy atom. The molecule has 0 aliphatic rings. The molecule has 0 aliphatic heterocycles. The molecule has 102 valence electrons. The maximum Gasteiger partial charge on any atom is 0.238 e. The molecule has 3 N–H and O–H groups in total. The number of nitrogens with two attached hydrogens (primary N) is 1. The van der Waals surface area contributed by atoms with Crippen molar-refractivity contribution in [3.05, 3.63) is 54.0 Å². The third-order valence-electron chi connectivity index (χ3n) is 2.90. The van der Waals surface area contributed by atoms with Crippen molar-refractivity contribution in [2.45, 2.75) is 24.4 Å². The summed E-state index contributed by atoms with van der Waals surface area (Å²) in [7, 11) is -3.63. The zero-order chi connectivity index (χ0) is 13.9. The van der Waals surface area contributed by atoms with E-state index in [4.69, 9.17) is 9.56 Å². The molecule has 19 heavy (non-hydrogen) atoms. The quantitative estimate of drug-likeness (QED) is 0.874. The van der Waals surface area contributed by atoms with Crippen LogP contribution in [-0.4, -0.2) is 8.42 Å². The molecule has 1 atom stereocenters. The Labute approximate surface area is 112 Å². The van der Waals surface area contributed by atoms with Crippen LogP contribution in [-0.2, 0) is 16.6 Å². The first-order valence-electron chi connectivity index (χ1n) is 5.84. The zero-order valence-corrected chi connectivity index (χ0v) is 11.4. The van der Waals surface area contributed by atoms with E-state index >= 15 is 0 Å². The van der Waals surface area contributed by atoms with Gasteiger partial charge in [-0.05, 0) is 30.7 Å². The Morgan fingerprint density at radius 1 is 1.26 bits per heavy atom. The molecule has 1 aromatic carbocycles. The second kappa shape index (κ2) is 5.56. The smallest absolute Gasteiger partial charge is 0.238 e. The van der Waals surface area contributed by atoms with Crippen molar-refractivity contribution in [3.63, 3.8) is 0 Å². The fourth-order valence-corrected chi connectivity index (χ4v) is 2.24. The van der Waals surface area contributed by atoms with Crippen LogP contribution in [0.4, 0.5) is 0 Å². The van der Waals surface area contributed by atoms with Gasteiger partial charge in [0.25, 0.3) is 0 Å². The van der Waals surface area contributed by atoms with E-state index in [0.717, 1.165) is 11.1 Å². The monoisotopic (exact) mass is 280 g/mol. The van der Waals surface area contributed by atoms with Crippen molar-refractivity contribution in [1.29, 1.82) is 0 Å². The van der Waals surface area contributed by atoms with Crippen LogP contribution in [0.3, 0.4) is 0 Å².